The van der Waals surface area contributed by atoms with Gasteiger partial charge in [0, 0.05) is 50.6 Å². The van der Waals surface area contributed by atoms with E-state index in [4.69, 9.17) is 0 Å². The van der Waals surface area contributed by atoms with Crippen LogP contribution >= 0.6 is 0 Å². The molecule has 7 heteroatoms. The van der Waals surface area contributed by atoms with Gasteiger partial charge in [-0.15, -0.1) is 0 Å². The van der Waals surface area contributed by atoms with E-state index in [1.807, 2.05) is 17.9 Å². The summed E-state index contributed by atoms with van der Waals surface area (Å²) in [6.07, 6.45) is 4.15. The molecule has 2 atom stereocenters. The van der Waals surface area contributed by atoms with Gasteiger partial charge in [0.05, 0.1) is 11.8 Å². The Morgan fingerprint density at radius 1 is 1.36 bits per heavy atom. The van der Waals surface area contributed by atoms with Gasteiger partial charge in [0.2, 0.25) is 11.8 Å². The van der Waals surface area contributed by atoms with Gasteiger partial charge in [0.15, 0.2) is 0 Å². The van der Waals surface area contributed by atoms with E-state index in [1.54, 1.807) is 4.90 Å². The summed E-state index contributed by atoms with van der Waals surface area (Å²) in [5.74, 6) is 0.210. The fourth-order valence-corrected chi connectivity index (χ4v) is 3.77. The number of amides is 2. The molecule has 0 bridgehead atoms. The molecule has 138 valence electrons. The summed E-state index contributed by atoms with van der Waals surface area (Å²) < 4.78 is 0. The highest BCUT2D eigenvalue weighted by atomic mass is 16.3. The summed E-state index contributed by atoms with van der Waals surface area (Å²) in [6, 6.07) is 1.97. The fourth-order valence-electron chi connectivity index (χ4n) is 3.77. The van der Waals surface area contributed by atoms with Crippen LogP contribution in [0.4, 0.5) is 0 Å². The van der Waals surface area contributed by atoms with Crippen LogP contribution in [0.1, 0.15) is 43.5 Å². The Bertz CT molecular complexity index is 615. The molecule has 2 aliphatic heterocycles. The van der Waals surface area contributed by atoms with Gasteiger partial charge >= 0.3 is 0 Å². The average molecular weight is 348 g/mol. The van der Waals surface area contributed by atoms with E-state index < -0.39 is 6.10 Å². The predicted octanol–water partition coefficient (Wildman–Crippen LogP) is 0.873. The lowest BCUT2D eigenvalue weighted by atomic mass is 10.0. The maximum atomic E-state index is 12.5. The number of aliphatic hydroxyl groups is 1. The summed E-state index contributed by atoms with van der Waals surface area (Å²) >= 11 is 0. The van der Waals surface area contributed by atoms with Crippen molar-refractivity contribution in [3.8, 4) is 0 Å². The maximum absolute atomic E-state index is 12.5. The first-order valence-electron chi connectivity index (χ1n) is 9.27. The van der Waals surface area contributed by atoms with Crippen LogP contribution in [0.2, 0.25) is 0 Å². The third kappa shape index (κ3) is 4.60. The van der Waals surface area contributed by atoms with Crippen molar-refractivity contribution < 1.29 is 14.7 Å². The van der Waals surface area contributed by atoms with Crippen LogP contribution in [0.5, 0.6) is 0 Å². The van der Waals surface area contributed by atoms with Gasteiger partial charge in [-0.1, -0.05) is 6.42 Å². The van der Waals surface area contributed by atoms with E-state index in [-0.39, 0.29) is 17.7 Å². The molecule has 2 amide bonds. The van der Waals surface area contributed by atoms with Crippen molar-refractivity contribution in [2.24, 2.45) is 5.92 Å². The minimum atomic E-state index is -0.513. The first-order chi connectivity index (χ1) is 12.0. The van der Waals surface area contributed by atoms with Crippen molar-refractivity contribution in [2.45, 2.75) is 51.6 Å². The van der Waals surface area contributed by atoms with Crippen LogP contribution in [0.25, 0.3) is 0 Å². The zero-order chi connectivity index (χ0) is 17.8. The number of carbonyl (C=O) groups excluding carboxylic acids is 2. The Morgan fingerprint density at radius 3 is 2.96 bits per heavy atom. The number of β-amino-alcohol motifs (C(OH)–C–C–N with tert-alkyl or cyclic N) is 1. The third-order valence-corrected chi connectivity index (χ3v) is 5.26. The molecule has 2 saturated heterocycles. The minimum absolute atomic E-state index is 0.0199. The zero-order valence-electron chi connectivity index (χ0n) is 14.9. The van der Waals surface area contributed by atoms with Crippen LogP contribution in [0.15, 0.2) is 6.07 Å². The molecule has 1 aromatic heterocycles. The molecule has 7 nitrogen and oxygen atoms in total. The number of aromatic amines is 1. The number of nitrogens with one attached hydrogen (secondary N) is 1. The van der Waals surface area contributed by atoms with Gasteiger partial charge < -0.3 is 14.9 Å². The van der Waals surface area contributed by atoms with E-state index in [0.29, 0.717) is 38.9 Å². The van der Waals surface area contributed by atoms with Gasteiger partial charge in [-0.2, -0.15) is 5.10 Å². The molecule has 2 aliphatic rings. The number of aromatic nitrogens is 2. The van der Waals surface area contributed by atoms with Crippen molar-refractivity contribution in [3.63, 3.8) is 0 Å². The largest absolute Gasteiger partial charge is 0.391 e. The topological polar surface area (TPSA) is 89.5 Å². The molecule has 0 aromatic carbocycles. The molecule has 0 radical (unpaired) electrons. The Balaban J connectivity index is 1.48. The van der Waals surface area contributed by atoms with Crippen LogP contribution in [-0.4, -0.2) is 69.2 Å². The van der Waals surface area contributed by atoms with E-state index >= 15 is 0 Å². The van der Waals surface area contributed by atoms with Crippen LogP contribution in [-0.2, 0) is 16.0 Å². The van der Waals surface area contributed by atoms with Crippen molar-refractivity contribution in [1.29, 1.82) is 0 Å². The summed E-state index contributed by atoms with van der Waals surface area (Å²) in [7, 11) is 0. The highest BCUT2D eigenvalue weighted by Crippen LogP contribution is 2.22. The second-order valence-corrected chi connectivity index (χ2v) is 7.31. The molecule has 0 unspecified atom stereocenters. The molecule has 0 saturated carbocycles. The molecule has 2 N–H and O–H groups in total. The van der Waals surface area contributed by atoms with Gasteiger partial charge in [0.1, 0.15) is 0 Å². The molecular weight excluding hydrogens is 320 g/mol. The van der Waals surface area contributed by atoms with Gasteiger partial charge in [-0.3, -0.25) is 14.7 Å². The smallest absolute Gasteiger partial charge is 0.224 e. The van der Waals surface area contributed by atoms with E-state index in [0.717, 1.165) is 37.2 Å². The van der Waals surface area contributed by atoms with Crippen molar-refractivity contribution in [2.75, 3.05) is 26.2 Å². The SMILES string of the molecule is Cc1cc(C[C@@H]2CN(C(=O)CCN3CCCCCC3=O)C[C@@H]2O)n[nH]1. The Labute approximate surface area is 148 Å². The molecular formula is C18H28N4O3. The highest BCUT2D eigenvalue weighted by Gasteiger charge is 2.34. The van der Waals surface area contributed by atoms with Gasteiger partial charge in [-0.25, -0.2) is 0 Å². The number of hydrogen-bond donors (Lipinski definition) is 2. The maximum Gasteiger partial charge on any atom is 0.224 e. The fraction of sp³-hybridized carbons (Fsp3) is 0.722. The summed E-state index contributed by atoms with van der Waals surface area (Å²) in [4.78, 5) is 28.0. The van der Waals surface area contributed by atoms with E-state index in [9.17, 15) is 14.7 Å². The first-order valence-corrected chi connectivity index (χ1v) is 9.27. The molecule has 3 heterocycles. The average Bonchev–Trinajstić information content (AvgIpc) is 3.08. The molecule has 0 aliphatic carbocycles. The normalized spacial score (nSPS) is 24.6. The van der Waals surface area contributed by atoms with Crippen molar-refractivity contribution in [3.05, 3.63) is 17.5 Å². The number of aryl methyl sites for hydroxylation is 1. The predicted molar refractivity (Wildman–Crippen MR) is 92.8 cm³/mol. The first kappa shape index (κ1) is 17.9. The summed E-state index contributed by atoms with van der Waals surface area (Å²) in [6.45, 7) is 4.13. The monoisotopic (exact) mass is 348 g/mol. The number of hydrogen-bond acceptors (Lipinski definition) is 4. The lowest BCUT2D eigenvalue weighted by molar-refractivity contribution is -0.133. The van der Waals surface area contributed by atoms with Crippen molar-refractivity contribution >= 4 is 11.8 Å². The number of carbonyl (C=O) groups is 2. The van der Waals surface area contributed by atoms with Gasteiger partial charge in [-0.05, 0) is 32.3 Å². The lowest BCUT2D eigenvalue weighted by Crippen LogP contribution is -2.36. The number of likely N-dealkylation sites (tertiary alicyclic amines) is 2. The summed E-state index contributed by atoms with van der Waals surface area (Å²) in [5.41, 5.74) is 1.92. The highest BCUT2D eigenvalue weighted by molar-refractivity contribution is 5.79. The molecule has 25 heavy (non-hydrogen) atoms. The molecule has 3 rings (SSSR count). The second kappa shape index (κ2) is 7.99. The van der Waals surface area contributed by atoms with Crippen molar-refractivity contribution in [1.82, 2.24) is 20.0 Å². The van der Waals surface area contributed by atoms with E-state index in [1.165, 1.54) is 0 Å². The number of H-pyrrole nitrogens is 1. The Morgan fingerprint density at radius 2 is 2.20 bits per heavy atom. The standard InChI is InChI=1S/C18H28N4O3/c1-13-9-15(20-19-13)10-14-11-22(12-16(14)23)18(25)6-8-21-7-4-2-3-5-17(21)24/h9,14,16,23H,2-8,10-12H2,1H3,(H,19,20)/t14-,16+/m1/s1. The Kier molecular flexibility index (Phi) is 5.73. The second-order valence-electron chi connectivity index (χ2n) is 7.31. The van der Waals surface area contributed by atoms with Crippen LogP contribution in [0.3, 0.4) is 0 Å². The van der Waals surface area contributed by atoms with Crippen LogP contribution in [0, 0.1) is 12.8 Å². The minimum Gasteiger partial charge on any atom is -0.391 e. The van der Waals surface area contributed by atoms with Gasteiger partial charge in [0.25, 0.3) is 0 Å². The number of aliphatic hydroxyl groups excluding tert-OH is 1. The number of rotatable bonds is 5. The van der Waals surface area contributed by atoms with E-state index in [2.05, 4.69) is 10.2 Å². The lowest BCUT2D eigenvalue weighted by Gasteiger charge is -2.22. The zero-order valence-corrected chi connectivity index (χ0v) is 14.9. The Hall–Kier alpha value is -1.89. The quantitative estimate of drug-likeness (QED) is 0.826. The molecule has 2 fully saturated rings. The molecule has 0 spiro atoms. The van der Waals surface area contributed by atoms with Crippen LogP contribution < -0.4 is 0 Å². The summed E-state index contributed by atoms with van der Waals surface area (Å²) in [5, 5.41) is 17.4. The number of nitrogens with zero attached hydrogens (tertiary/aromatic N) is 3. The molecule has 1 aromatic rings. The third-order valence-electron chi connectivity index (χ3n) is 5.26.